The number of aryl methyl sites for hydroxylation is 1. The number of carbonyl (C=O) groups is 1. The summed E-state index contributed by atoms with van der Waals surface area (Å²) in [5.41, 5.74) is 3.48. The quantitative estimate of drug-likeness (QED) is 0.797. The van der Waals surface area contributed by atoms with Crippen molar-refractivity contribution in [1.29, 1.82) is 0 Å². The lowest BCUT2D eigenvalue weighted by molar-refractivity contribution is -0.136. The maximum Gasteiger partial charge on any atom is 0.309 e. The van der Waals surface area contributed by atoms with Crippen LogP contribution < -0.4 is 0 Å². The highest BCUT2D eigenvalue weighted by atomic mass is 32.1. The number of thiazole rings is 1. The monoisotopic (exact) mass is 272 g/mol. The van der Waals surface area contributed by atoms with Gasteiger partial charge in [-0.05, 0) is 6.92 Å². The Bertz CT molecular complexity index is 743. The van der Waals surface area contributed by atoms with E-state index in [-0.39, 0.29) is 6.42 Å². The van der Waals surface area contributed by atoms with Gasteiger partial charge in [0, 0.05) is 16.6 Å². The number of carboxylic acids is 1. The Morgan fingerprint density at radius 3 is 2.79 bits per heavy atom. The normalized spacial score (nSPS) is 11.0. The zero-order valence-electron chi connectivity index (χ0n) is 10.3. The van der Waals surface area contributed by atoms with Crippen LogP contribution in [0.1, 0.15) is 11.4 Å². The second-order valence-electron chi connectivity index (χ2n) is 4.34. The molecule has 0 aliphatic heterocycles. The molecule has 5 heteroatoms. The van der Waals surface area contributed by atoms with Crippen molar-refractivity contribution < 1.29 is 9.90 Å². The second-order valence-corrected chi connectivity index (χ2v) is 5.18. The fourth-order valence-electron chi connectivity index (χ4n) is 2.20. The molecule has 0 saturated heterocycles. The summed E-state index contributed by atoms with van der Waals surface area (Å²) in [4.78, 5) is 16.5. The van der Waals surface area contributed by atoms with Gasteiger partial charge >= 0.3 is 5.97 Å². The molecule has 2 aromatic heterocycles. The number of aliphatic carboxylic acids is 1. The smallest absolute Gasteiger partial charge is 0.309 e. The van der Waals surface area contributed by atoms with Crippen molar-refractivity contribution >= 4 is 22.3 Å². The van der Waals surface area contributed by atoms with Crippen LogP contribution in [0.25, 0.3) is 16.2 Å². The number of imidazole rings is 1. The molecule has 0 saturated carbocycles. The Kier molecular flexibility index (Phi) is 2.83. The van der Waals surface area contributed by atoms with Crippen LogP contribution in [-0.4, -0.2) is 20.5 Å². The highest BCUT2D eigenvalue weighted by molar-refractivity contribution is 7.15. The van der Waals surface area contributed by atoms with Gasteiger partial charge in [-0.3, -0.25) is 9.20 Å². The zero-order chi connectivity index (χ0) is 13.4. The van der Waals surface area contributed by atoms with Gasteiger partial charge in [0.05, 0.1) is 17.8 Å². The van der Waals surface area contributed by atoms with Crippen molar-refractivity contribution in [3.8, 4) is 11.3 Å². The van der Waals surface area contributed by atoms with Crippen molar-refractivity contribution in [2.45, 2.75) is 13.3 Å². The summed E-state index contributed by atoms with van der Waals surface area (Å²) in [6.45, 7) is 1.96. The van der Waals surface area contributed by atoms with E-state index in [1.165, 1.54) is 11.3 Å². The van der Waals surface area contributed by atoms with E-state index >= 15 is 0 Å². The van der Waals surface area contributed by atoms with Crippen LogP contribution in [0.3, 0.4) is 0 Å². The molecule has 0 unspecified atom stereocenters. The average molecular weight is 272 g/mol. The highest BCUT2D eigenvalue weighted by Gasteiger charge is 2.18. The number of aromatic nitrogens is 2. The third-order valence-electron chi connectivity index (χ3n) is 3.00. The molecule has 4 nitrogen and oxygen atoms in total. The molecule has 1 aromatic carbocycles. The SMILES string of the molecule is Cc1csc2nc(-c3ccccc3)c(CC(=O)O)n12. The number of hydrogen-bond donors (Lipinski definition) is 1. The highest BCUT2D eigenvalue weighted by Crippen LogP contribution is 2.28. The molecule has 0 bridgehead atoms. The molecule has 0 spiro atoms. The van der Waals surface area contributed by atoms with Crippen LogP contribution >= 0.6 is 11.3 Å². The topological polar surface area (TPSA) is 54.6 Å². The van der Waals surface area contributed by atoms with Gasteiger partial charge in [0.2, 0.25) is 0 Å². The van der Waals surface area contributed by atoms with E-state index in [4.69, 9.17) is 5.11 Å². The number of hydrogen-bond acceptors (Lipinski definition) is 3. The van der Waals surface area contributed by atoms with Gasteiger partial charge in [-0.25, -0.2) is 4.98 Å². The Morgan fingerprint density at radius 1 is 1.37 bits per heavy atom. The molecule has 0 amide bonds. The fraction of sp³-hybridized carbons (Fsp3) is 0.143. The minimum absolute atomic E-state index is 0.0248. The van der Waals surface area contributed by atoms with Crippen LogP contribution in [0, 0.1) is 6.92 Å². The van der Waals surface area contributed by atoms with Gasteiger partial charge in [0.15, 0.2) is 4.96 Å². The third kappa shape index (κ3) is 2.02. The van der Waals surface area contributed by atoms with E-state index in [0.29, 0.717) is 0 Å². The predicted octanol–water partition coefficient (Wildman–Crippen LogP) is 3.00. The Labute approximate surface area is 114 Å². The summed E-state index contributed by atoms with van der Waals surface area (Å²) in [5.74, 6) is -0.843. The van der Waals surface area contributed by atoms with E-state index in [0.717, 1.165) is 27.6 Å². The van der Waals surface area contributed by atoms with E-state index < -0.39 is 5.97 Å². The van der Waals surface area contributed by atoms with Gasteiger partial charge in [-0.15, -0.1) is 11.3 Å². The maximum atomic E-state index is 11.1. The van der Waals surface area contributed by atoms with E-state index in [1.54, 1.807) is 0 Å². The predicted molar refractivity (Wildman–Crippen MR) is 74.6 cm³/mol. The number of carboxylic acid groups (broad SMARTS) is 1. The van der Waals surface area contributed by atoms with Gasteiger partial charge < -0.3 is 5.11 Å². The molecule has 19 heavy (non-hydrogen) atoms. The van der Waals surface area contributed by atoms with Crippen molar-refractivity contribution in [2.75, 3.05) is 0 Å². The van der Waals surface area contributed by atoms with Crippen molar-refractivity contribution in [3.05, 3.63) is 47.1 Å². The lowest BCUT2D eigenvalue weighted by Gasteiger charge is -2.03. The molecule has 0 fully saturated rings. The van der Waals surface area contributed by atoms with Crippen molar-refractivity contribution in [1.82, 2.24) is 9.38 Å². The van der Waals surface area contributed by atoms with Gasteiger partial charge in [0.1, 0.15) is 0 Å². The molecule has 0 atom stereocenters. The first-order chi connectivity index (χ1) is 9.16. The molecule has 96 valence electrons. The Hall–Kier alpha value is -2.14. The average Bonchev–Trinajstić information content (AvgIpc) is 2.92. The summed E-state index contributed by atoms with van der Waals surface area (Å²) < 4.78 is 1.93. The molecule has 3 rings (SSSR count). The second kappa shape index (κ2) is 4.51. The summed E-state index contributed by atoms with van der Waals surface area (Å²) in [7, 11) is 0. The van der Waals surface area contributed by atoms with Crippen LogP contribution in [-0.2, 0) is 11.2 Å². The molecule has 2 heterocycles. The minimum atomic E-state index is -0.843. The summed E-state index contributed by atoms with van der Waals surface area (Å²) >= 11 is 1.53. The number of nitrogens with zero attached hydrogens (tertiary/aromatic N) is 2. The first kappa shape index (κ1) is 11.9. The molecular formula is C14H12N2O2S. The molecule has 3 aromatic rings. The van der Waals surface area contributed by atoms with E-state index in [2.05, 4.69) is 4.98 Å². The van der Waals surface area contributed by atoms with Gasteiger partial charge in [0.25, 0.3) is 0 Å². The molecule has 0 aliphatic carbocycles. The summed E-state index contributed by atoms with van der Waals surface area (Å²) in [6.07, 6.45) is -0.0248. The lowest BCUT2D eigenvalue weighted by atomic mass is 10.1. The Morgan fingerprint density at radius 2 is 2.11 bits per heavy atom. The van der Waals surface area contributed by atoms with Crippen LogP contribution in [0.4, 0.5) is 0 Å². The fourth-order valence-corrected chi connectivity index (χ4v) is 3.08. The molecule has 1 N–H and O–H groups in total. The van der Waals surface area contributed by atoms with E-state index in [1.807, 2.05) is 47.0 Å². The van der Waals surface area contributed by atoms with Crippen molar-refractivity contribution in [3.63, 3.8) is 0 Å². The minimum Gasteiger partial charge on any atom is -0.481 e. The van der Waals surface area contributed by atoms with Crippen LogP contribution in [0.2, 0.25) is 0 Å². The number of rotatable bonds is 3. The number of fused-ring (bicyclic) bond motifs is 1. The molecular weight excluding hydrogens is 260 g/mol. The zero-order valence-corrected chi connectivity index (χ0v) is 11.1. The van der Waals surface area contributed by atoms with Gasteiger partial charge in [-0.1, -0.05) is 30.3 Å². The largest absolute Gasteiger partial charge is 0.481 e. The summed E-state index contributed by atoms with van der Waals surface area (Å²) in [5, 5.41) is 11.1. The summed E-state index contributed by atoms with van der Waals surface area (Å²) in [6, 6.07) is 9.70. The van der Waals surface area contributed by atoms with Gasteiger partial charge in [-0.2, -0.15) is 0 Å². The van der Waals surface area contributed by atoms with E-state index in [9.17, 15) is 4.79 Å². The Balaban J connectivity index is 2.26. The number of benzene rings is 1. The third-order valence-corrected chi connectivity index (χ3v) is 3.94. The first-order valence-electron chi connectivity index (χ1n) is 5.89. The molecule has 0 radical (unpaired) electrons. The lowest BCUT2D eigenvalue weighted by Crippen LogP contribution is -2.05. The van der Waals surface area contributed by atoms with Crippen LogP contribution in [0.15, 0.2) is 35.7 Å². The standard InChI is InChI=1S/C14H12N2O2S/c1-9-8-19-14-15-13(10-5-3-2-4-6-10)11(16(9)14)7-12(17)18/h2-6,8H,7H2,1H3,(H,17,18). The first-order valence-corrected chi connectivity index (χ1v) is 6.77. The van der Waals surface area contributed by atoms with Crippen molar-refractivity contribution in [2.24, 2.45) is 0 Å². The van der Waals surface area contributed by atoms with Crippen LogP contribution in [0.5, 0.6) is 0 Å². The molecule has 0 aliphatic rings. The maximum absolute atomic E-state index is 11.1.